The number of carbonyl (C=O) groups excluding carboxylic acids is 1. The third kappa shape index (κ3) is 4.15. The number of halogens is 2. The van der Waals surface area contributed by atoms with Crippen LogP contribution in [0.25, 0.3) is 0 Å². The molecule has 0 aliphatic rings. The van der Waals surface area contributed by atoms with E-state index in [0.717, 1.165) is 0 Å². The molecule has 2 aromatic carbocycles. The fraction of sp³-hybridized carbons (Fsp3) is 0.133. The van der Waals surface area contributed by atoms with Crippen molar-refractivity contribution >= 4 is 31.9 Å². The highest BCUT2D eigenvalue weighted by Crippen LogP contribution is 2.21. The first-order chi connectivity index (χ1) is 10.8. The molecular weight excluding hydrogens is 387 g/mol. The van der Waals surface area contributed by atoms with Crippen molar-refractivity contribution in [2.75, 3.05) is 7.05 Å². The average Bonchev–Trinajstić information content (AvgIpc) is 2.54. The second kappa shape index (κ2) is 7.20. The van der Waals surface area contributed by atoms with Gasteiger partial charge in [-0.25, -0.2) is 17.5 Å². The topological polar surface area (TPSA) is 75.3 Å². The molecule has 2 rings (SSSR count). The van der Waals surface area contributed by atoms with E-state index in [-0.39, 0.29) is 17.0 Å². The number of hydrogen-bond acceptors (Lipinski definition) is 3. The highest BCUT2D eigenvalue weighted by molar-refractivity contribution is 9.10. The lowest BCUT2D eigenvalue weighted by Crippen LogP contribution is -2.25. The van der Waals surface area contributed by atoms with Crippen LogP contribution in [0.15, 0.2) is 51.8 Å². The maximum Gasteiger partial charge on any atom is 0.252 e. The van der Waals surface area contributed by atoms with Gasteiger partial charge in [-0.15, -0.1) is 0 Å². The van der Waals surface area contributed by atoms with Crippen LogP contribution in [-0.2, 0) is 16.6 Å². The molecule has 0 unspecified atom stereocenters. The van der Waals surface area contributed by atoms with Crippen molar-refractivity contribution in [2.24, 2.45) is 0 Å². The van der Waals surface area contributed by atoms with Crippen LogP contribution in [0.5, 0.6) is 0 Å². The van der Waals surface area contributed by atoms with E-state index in [1.54, 1.807) is 18.2 Å². The van der Waals surface area contributed by atoms with Crippen LogP contribution in [0.4, 0.5) is 4.39 Å². The Bertz CT molecular complexity index is 840. The number of carbonyl (C=O) groups is 1. The fourth-order valence-electron chi connectivity index (χ4n) is 1.88. The summed E-state index contributed by atoms with van der Waals surface area (Å²) in [5.41, 5.74) is 0.494. The summed E-state index contributed by atoms with van der Waals surface area (Å²) in [7, 11) is -2.37. The lowest BCUT2D eigenvalue weighted by Gasteiger charge is -2.10. The van der Waals surface area contributed by atoms with Crippen LogP contribution in [0, 0.1) is 5.82 Å². The van der Waals surface area contributed by atoms with Crippen LogP contribution in [0.2, 0.25) is 0 Å². The van der Waals surface area contributed by atoms with Gasteiger partial charge in [0.05, 0.1) is 10.5 Å². The minimum absolute atomic E-state index is 0.000945. The highest BCUT2D eigenvalue weighted by atomic mass is 79.9. The Morgan fingerprint density at radius 3 is 2.57 bits per heavy atom. The van der Waals surface area contributed by atoms with Crippen molar-refractivity contribution in [3.8, 4) is 0 Å². The molecular formula is C15H14BrFN2O3S. The molecule has 23 heavy (non-hydrogen) atoms. The minimum Gasteiger partial charge on any atom is -0.348 e. The lowest BCUT2D eigenvalue weighted by molar-refractivity contribution is 0.0949. The SMILES string of the molecule is CNS(=O)(=O)c1ccc(Br)c(C(=O)NCc2ccccc2F)c1. The zero-order valence-electron chi connectivity index (χ0n) is 12.1. The normalized spacial score (nSPS) is 11.3. The quantitative estimate of drug-likeness (QED) is 0.808. The second-order valence-electron chi connectivity index (χ2n) is 4.62. The average molecular weight is 401 g/mol. The molecule has 5 nitrogen and oxygen atoms in total. The maximum absolute atomic E-state index is 13.5. The molecule has 122 valence electrons. The molecule has 0 aromatic heterocycles. The molecule has 2 N–H and O–H groups in total. The molecule has 0 bridgehead atoms. The maximum atomic E-state index is 13.5. The van der Waals surface area contributed by atoms with E-state index in [4.69, 9.17) is 0 Å². The molecule has 0 saturated heterocycles. The number of amides is 1. The van der Waals surface area contributed by atoms with Crippen LogP contribution in [0.1, 0.15) is 15.9 Å². The summed E-state index contributed by atoms with van der Waals surface area (Å²) in [6, 6.07) is 10.2. The second-order valence-corrected chi connectivity index (χ2v) is 7.36. The molecule has 1 amide bonds. The van der Waals surface area contributed by atoms with E-state index in [9.17, 15) is 17.6 Å². The summed E-state index contributed by atoms with van der Waals surface area (Å²) in [6.07, 6.45) is 0. The summed E-state index contributed by atoms with van der Waals surface area (Å²) in [6.45, 7) is 0.000945. The first-order valence-corrected chi connectivity index (χ1v) is 8.87. The standard InChI is InChI=1S/C15H14BrFN2O3S/c1-18-23(21,22)11-6-7-13(16)12(8-11)15(20)19-9-10-4-2-3-5-14(10)17/h2-8,18H,9H2,1H3,(H,19,20). The zero-order chi connectivity index (χ0) is 17.0. The van der Waals surface area contributed by atoms with Crippen molar-refractivity contribution in [3.05, 3.63) is 63.9 Å². The number of sulfonamides is 1. The van der Waals surface area contributed by atoms with Gasteiger partial charge in [0.1, 0.15) is 5.82 Å². The van der Waals surface area contributed by atoms with Gasteiger partial charge < -0.3 is 5.32 Å². The van der Waals surface area contributed by atoms with Gasteiger partial charge in [0.15, 0.2) is 0 Å². The summed E-state index contributed by atoms with van der Waals surface area (Å²) in [5, 5.41) is 2.57. The Balaban J connectivity index is 2.22. The van der Waals surface area contributed by atoms with E-state index < -0.39 is 21.7 Å². The molecule has 0 aliphatic carbocycles. The Hall–Kier alpha value is -1.77. The van der Waals surface area contributed by atoms with Gasteiger partial charge in [-0.3, -0.25) is 4.79 Å². The zero-order valence-corrected chi connectivity index (χ0v) is 14.5. The first kappa shape index (κ1) is 17.6. The van der Waals surface area contributed by atoms with E-state index in [0.29, 0.717) is 10.0 Å². The number of benzene rings is 2. The van der Waals surface area contributed by atoms with Gasteiger partial charge in [-0.1, -0.05) is 18.2 Å². The van der Waals surface area contributed by atoms with Crippen LogP contribution in [-0.4, -0.2) is 21.4 Å². The fourth-order valence-corrected chi connectivity index (χ4v) is 3.06. The van der Waals surface area contributed by atoms with Crippen LogP contribution in [0.3, 0.4) is 0 Å². The molecule has 2 aromatic rings. The molecule has 0 saturated carbocycles. The molecule has 0 spiro atoms. The molecule has 8 heteroatoms. The Kier molecular flexibility index (Phi) is 5.51. The van der Waals surface area contributed by atoms with Crippen molar-refractivity contribution in [1.82, 2.24) is 10.0 Å². The Labute approximate surface area is 142 Å². The summed E-state index contributed by atoms with van der Waals surface area (Å²) >= 11 is 3.21. The molecule has 0 aliphatic heterocycles. The molecule has 0 heterocycles. The predicted octanol–water partition coefficient (Wildman–Crippen LogP) is 2.43. The summed E-state index contributed by atoms with van der Waals surface area (Å²) < 4.78 is 39.8. The summed E-state index contributed by atoms with van der Waals surface area (Å²) in [5.74, 6) is -0.924. The Morgan fingerprint density at radius 1 is 1.22 bits per heavy atom. The predicted molar refractivity (Wildman–Crippen MR) is 88.0 cm³/mol. The Morgan fingerprint density at radius 2 is 1.91 bits per heavy atom. The van der Waals surface area contributed by atoms with Gasteiger partial charge in [-0.05, 0) is 47.2 Å². The van der Waals surface area contributed by atoms with E-state index in [1.807, 2.05) is 0 Å². The van der Waals surface area contributed by atoms with Crippen molar-refractivity contribution in [1.29, 1.82) is 0 Å². The minimum atomic E-state index is -3.66. The largest absolute Gasteiger partial charge is 0.348 e. The van der Waals surface area contributed by atoms with Gasteiger partial charge in [0.2, 0.25) is 10.0 Å². The molecule has 0 radical (unpaired) electrons. The van der Waals surface area contributed by atoms with Crippen molar-refractivity contribution in [2.45, 2.75) is 11.4 Å². The summed E-state index contributed by atoms with van der Waals surface area (Å²) in [4.78, 5) is 12.2. The van der Waals surface area contributed by atoms with Gasteiger partial charge in [0, 0.05) is 16.6 Å². The van der Waals surface area contributed by atoms with Gasteiger partial charge in [-0.2, -0.15) is 0 Å². The third-order valence-corrected chi connectivity index (χ3v) is 5.26. The van der Waals surface area contributed by atoms with Crippen LogP contribution >= 0.6 is 15.9 Å². The molecule has 0 atom stereocenters. The highest BCUT2D eigenvalue weighted by Gasteiger charge is 2.17. The van der Waals surface area contributed by atoms with E-state index in [2.05, 4.69) is 26.0 Å². The van der Waals surface area contributed by atoms with Gasteiger partial charge >= 0.3 is 0 Å². The van der Waals surface area contributed by atoms with E-state index in [1.165, 1.54) is 31.3 Å². The van der Waals surface area contributed by atoms with Crippen molar-refractivity contribution < 1.29 is 17.6 Å². The monoisotopic (exact) mass is 400 g/mol. The van der Waals surface area contributed by atoms with Crippen LogP contribution < -0.4 is 10.0 Å². The first-order valence-electron chi connectivity index (χ1n) is 6.60. The number of hydrogen-bond donors (Lipinski definition) is 2. The smallest absolute Gasteiger partial charge is 0.252 e. The van der Waals surface area contributed by atoms with Crippen molar-refractivity contribution in [3.63, 3.8) is 0 Å². The van der Waals surface area contributed by atoms with Gasteiger partial charge in [0.25, 0.3) is 5.91 Å². The number of nitrogens with one attached hydrogen (secondary N) is 2. The number of rotatable bonds is 5. The third-order valence-electron chi connectivity index (χ3n) is 3.16. The lowest BCUT2D eigenvalue weighted by atomic mass is 10.2. The van der Waals surface area contributed by atoms with E-state index >= 15 is 0 Å². The molecule has 0 fully saturated rings.